The van der Waals surface area contributed by atoms with Crippen LogP contribution in [0.1, 0.15) is 49.7 Å². The van der Waals surface area contributed by atoms with Crippen LogP contribution in [0.2, 0.25) is 5.02 Å². The number of halogens is 1. The van der Waals surface area contributed by atoms with Crippen LogP contribution in [-0.4, -0.2) is 45.1 Å². The van der Waals surface area contributed by atoms with Crippen molar-refractivity contribution in [1.29, 1.82) is 0 Å². The van der Waals surface area contributed by atoms with E-state index < -0.39 is 0 Å². The number of aromatic nitrogens is 2. The number of hydrogen-bond donors (Lipinski definition) is 1. The SMILES string of the molecule is CC(C)(C)c1cc(-c2cc(-c3ccc(C(=O)N4CCC(O)CC4)cc3Cl)c3cccnc3c2)ccn1. The minimum atomic E-state index is -0.325. The van der Waals surface area contributed by atoms with Gasteiger partial charge in [0.15, 0.2) is 0 Å². The number of aliphatic hydroxyl groups is 1. The summed E-state index contributed by atoms with van der Waals surface area (Å²) < 4.78 is 0. The Hall–Kier alpha value is -3.28. The van der Waals surface area contributed by atoms with E-state index in [0.29, 0.717) is 36.5 Å². The molecule has 6 heteroatoms. The highest BCUT2D eigenvalue weighted by Gasteiger charge is 2.23. The Morgan fingerprint density at radius 2 is 1.72 bits per heavy atom. The fraction of sp³-hybridized carbons (Fsp3) is 0.300. The van der Waals surface area contributed by atoms with Gasteiger partial charge in [0.25, 0.3) is 5.91 Å². The zero-order valence-corrected chi connectivity index (χ0v) is 21.6. The molecule has 184 valence electrons. The molecule has 2 aromatic carbocycles. The molecular formula is C30H30ClN3O2. The van der Waals surface area contributed by atoms with Crippen molar-refractivity contribution in [2.75, 3.05) is 13.1 Å². The second kappa shape index (κ2) is 9.64. The zero-order chi connectivity index (χ0) is 25.4. The smallest absolute Gasteiger partial charge is 0.253 e. The van der Waals surface area contributed by atoms with Crippen molar-refractivity contribution >= 4 is 28.4 Å². The van der Waals surface area contributed by atoms with Gasteiger partial charge in [0.2, 0.25) is 0 Å². The third-order valence-electron chi connectivity index (χ3n) is 6.84. The number of rotatable bonds is 3. The maximum atomic E-state index is 13.0. The first-order valence-electron chi connectivity index (χ1n) is 12.3. The summed E-state index contributed by atoms with van der Waals surface area (Å²) in [7, 11) is 0. The van der Waals surface area contributed by atoms with Crippen molar-refractivity contribution in [2.24, 2.45) is 0 Å². The van der Waals surface area contributed by atoms with Crippen molar-refractivity contribution in [3.63, 3.8) is 0 Å². The summed E-state index contributed by atoms with van der Waals surface area (Å²) in [5.74, 6) is -0.0536. The minimum Gasteiger partial charge on any atom is -0.393 e. The molecule has 0 saturated carbocycles. The van der Waals surface area contributed by atoms with Crippen molar-refractivity contribution in [1.82, 2.24) is 14.9 Å². The lowest BCUT2D eigenvalue weighted by Gasteiger charge is -2.29. The first-order valence-corrected chi connectivity index (χ1v) is 12.7. The van der Waals surface area contributed by atoms with Gasteiger partial charge in [-0.25, -0.2) is 0 Å². The quantitative estimate of drug-likeness (QED) is 0.349. The molecule has 36 heavy (non-hydrogen) atoms. The topological polar surface area (TPSA) is 66.3 Å². The lowest BCUT2D eigenvalue weighted by Crippen LogP contribution is -2.40. The van der Waals surface area contributed by atoms with Crippen LogP contribution in [0.25, 0.3) is 33.2 Å². The van der Waals surface area contributed by atoms with Gasteiger partial charge in [-0.15, -0.1) is 0 Å². The molecule has 0 atom stereocenters. The largest absolute Gasteiger partial charge is 0.393 e. The lowest BCUT2D eigenvalue weighted by molar-refractivity contribution is 0.0546. The second-order valence-corrected chi connectivity index (χ2v) is 10.9. The highest BCUT2D eigenvalue weighted by Crippen LogP contribution is 2.38. The summed E-state index contributed by atoms with van der Waals surface area (Å²) in [5.41, 5.74) is 6.32. The number of hydrogen-bond acceptors (Lipinski definition) is 4. The van der Waals surface area contributed by atoms with Crippen LogP contribution in [0.15, 0.2) is 67.0 Å². The summed E-state index contributed by atoms with van der Waals surface area (Å²) in [6.07, 6.45) is 4.53. The van der Waals surface area contributed by atoms with E-state index in [1.54, 1.807) is 17.2 Å². The third kappa shape index (κ3) is 4.86. The number of aliphatic hydroxyl groups excluding tert-OH is 1. The Balaban J connectivity index is 1.57. The molecule has 1 aliphatic heterocycles. The Labute approximate surface area is 216 Å². The summed E-state index contributed by atoms with van der Waals surface area (Å²) >= 11 is 6.81. The number of carbonyl (C=O) groups is 1. The van der Waals surface area contributed by atoms with Gasteiger partial charge in [-0.3, -0.25) is 14.8 Å². The molecule has 5 rings (SSSR count). The van der Waals surface area contributed by atoms with E-state index in [-0.39, 0.29) is 17.4 Å². The monoisotopic (exact) mass is 499 g/mol. The highest BCUT2D eigenvalue weighted by molar-refractivity contribution is 6.34. The molecule has 1 N–H and O–H groups in total. The van der Waals surface area contributed by atoms with E-state index >= 15 is 0 Å². The predicted octanol–water partition coefficient (Wildman–Crippen LogP) is 6.51. The van der Waals surface area contributed by atoms with Crippen LogP contribution in [0.4, 0.5) is 0 Å². The van der Waals surface area contributed by atoms with Gasteiger partial charge in [0.1, 0.15) is 0 Å². The average Bonchev–Trinajstić information content (AvgIpc) is 2.88. The van der Waals surface area contributed by atoms with Crippen molar-refractivity contribution < 1.29 is 9.90 Å². The van der Waals surface area contributed by atoms with Gasteiger partial charge < -0.3 is 10.0 Å². The number of nitrogens with zero attached hydrogens (tertiary/aromatic N) is 3. The summed E-state index contributed by atoms with van der Waals surface area (Å²) in [6, 6.07) is 17.9. The predicted molar refractivity (Wildman–Crippen MR) is 145 cm³/mol. The van der Waals surface area contributed by atoms with Crippen LogP contribution in [0.5, 0.6) is 0 Å². The first-order chi connectivity index (χ1) is 17.2. The molecule has 0 unspecified atom stereocenters. The molecule has 0 spiro atoms. The van der Waals surface area contributed by atoms with Crippen LogP contribution >= 0.6 is 11.6 Å². The molecule has 2 aromatic heterocycles. The van der Waals surface area contributed by atoms with Crippen LogP contribution < -0.4 is 0 Å². The summed E-state index contributed by atoms with van der Waals surface area (Å²) in [4.78, 5) is 24.0. The number of pyridine rings is 2. The molecule has 4 aromatic rings. The molecule has 1 saturated heterocycles. The molecular weight excluding hydrogens is 470 g/mol. The zero-order valence-electron chi connectivity index (χ0n) is 20.8. The van der Waals surface area contributed by atoms with Gasteiger partial charge in [0.05, 0.1) is 11.6 Å². The summed E-state index contributed by atoms with van der Waals surface area (Å²) in [6.45, 7) is 7.57. The van der Waals surface area contributed by atoms with Gasteiger partial charge in [-0.1, -0.05) is 44.5 Å². The number of amides is 1. The Bertz CT molecular complexity index is 1440. The van der Waals surface area contributed by atoms with Gasteiger partial charge in [0, 0.05) is 58.1 Å². The maximum absolute atomic E-state index is 13.0. The lowest BCUT2D eigenvalue weighted by atomic mass is 9.89. The highest BCUT2D eigenvalue weighted by atomic mass is 35.5. The molecule has 0 bridgehead atoms. The number of carbonyl (C=O) groups excluding carboxylic acids is 1. The number of benzene rings is 2. The number of fused-ring (bicyclic) bond motifs is 1. The van der Waals surface area contributed by atoms with Crippen LogP contribution in [-0.2, 0) is 5.41 Å². The molecule has 1 aliphatic rings. The van der Waals surface area contributed by atoms with E-state index in [9.17, 15) is 9.90 Å². The normalized spacial score (nSPS) is 14.9. The van der Waals surface area contributed by atoms with E-state index in [1.807, 2.05) is 36.5 Å². The van der Waals surface area contributed by atoms with E-state index in [4.69, 9.17) is 11.6 Å². The fourth-order valence-corrected chi connectivity index (χ4v) is 4.99. The fourth-order valence-electron chi connectivity index (χ4n) is 4.71. The molecule has 1 fully saturated rings. The van der Waals surface area contributed by atoms with Crippen molar-refractivity contribution in [3.05, 3.63) is 83.3 Å². The van der Waals surface area contributed by atoms with Gasteiger partial charge in [-0.05, 0) is 72.0 Å². The Morgan fingerprint density at radius 1 is 0.944 bits per heavy atom. The van der Waals surface area contributed by atoms with Gasteiger partial charge in [-0.2, -0.15) is 0 Å². The molecule has 0 radical (unpaired) electrons. The Morgan fingerprint density at radius 3 is 2.44 bits per heavy atom. The minimum absolute atomic E-state index is 0.0536. The molecule has 5 nitrogen and oxygen atoms in total. The average molecular weight is 500 g/mol. The molecule has 0 aliphatic carbocycles. The van der Waals surface area contributed by atoms with Gasteiger partial charge >= 0.3 is 0 Å². The van der Waals surface area contributed by atoms with Crippen LogP contribution in [0.3, 0.4) is 0 Å². The van der Waals surface area contributed by atoms with E-state index in [2.05, 4.69) is 48.9 Å². The standard InChI is InChI=1S/C30H30ClN3O2/c1-30(2,3)28-18-19(8-12-33-28)21-15-25(24-5-4-11-32-27(24)17-21)23-7-6-20(16-26(23)31)29(36)34-13-9-22(35)10-14-34/h4-8,11-12,15-18,22,35H,9-10,13-14H2,1-3H3. The first kappa shape index (κ1) is 24.4. The molecule has 3 heterocycles. The second-order valence-electron chi connectivity index (χ2n) is 10.5. The Kier molecular flexibility index (Phi) is 6.54. The molecule has 1 amide bonds. The van der Waals surface area contributed by atoms with Crippen LogP contribution in [0, 0.1) is 0 Å². The third-order valence-corrected chi connectivity index (χ3v) is 7.15. The number of likely N-dealkylation sites (tertiary alicyclic amines) is 1. The van der Waals surface area contributed by atoms with Crippen molar-refractivity contribution in [2.45, 2.75) is 45.1 Å². The van der Waals surface area contributed by atoms with E-state index in [0.717, 1.165) is 38.9 Å². The number of piperidine rings is 1. The maximum Gasteiger partial charge on any atom is 0.253 e. The van der Waals surface area contributed by atoms with Crippen molar-refractivity contribution in [3.8, 4) is 22.3 Å². The van der Waals surface area contributed by atoms with E-state index in [1.165, 1.54) is 0 Å². The summed E-state index contributed by atoms with van der Waals surface area (Å²) in [5, 5.41) is 11.3.